The van der Waals surface area contributed by atoms with Crippen LogP contribution in [-0.2, 0) is 11.2 Å². The average molecular weight is 370 g/mol. The monoisotopic (exact) mass is 370 g/mol. The van der Waals surface area contributed by atoms with Crippen LogP contribution in [0.2, 0.25) is 0 Å². The quantitative estimate of drug-likeness (QED) is 0.784. The van der Waals surface area contributed by atoms with Crippen molar-refractivity contribution in [3.8, 4) is 17.2 Å². The van der Waals surface area contributed by atoms with Gasteiger partial charge in [0.15, 0.2) is 11.5 Å². The molecule has 6 nitrogen and oxygen atoms in total. The zero-order valence-electron chi connectivity index (χ0n) is 15.8. The van der Waals surface area contributed by atoms with Gasteiger partial charge in [0.2, 0.25) is 5.91 Å². The number of anilines is 1. The zero-order valence-corrected chi connectivity index (χ0v) is 15.8. The summed E-state index contributed by atoms with van der Waals surface area (Å²) in [6.45, 7) is 3.72. The molecule has 0 fully saturated rings. The van der Waals surface area contributed by atoms with Crippen molar-refractivity contribution in [2.75, 3.05) is 32.2 Å². The number of carbonyl (C=O) groups is 1. The lowest BCUT2D eigenvalue weighted by Crippen LogP contribution is -2.38. The van der Waals surface area contributed by atoms with Gasteiger partial charge in [-0.05, 0) is 43.2 Å². The Morgan fingerprint density at radius 1 is 1.11 bits per heavy atom. The normalized spacial score (nSPS) is 14.0. The molecule has 0 saturated carbocycles. The summed E-state index contributed by atoms with van der Waals surface area (Å²) < 4.78 is 16.5. The molecule has 1 amide bonds. The molecule has 0 bridgehead atoms. The predicted molar refractivity (Wildman–Crippen MR) is 105 cm³/mol. The lowest BCUT2D eigenvalue weighted by molar-refractivity contribution is -0.121. The maximum Gasteiger partial charge on any atom is 0.242 e. The molecule has 2 aromatic carbocycles. The Bertz CT molecular complexity index is 761. The molecule has 2 N–H and O–H groups in total. The van der Waals surface area contributed by atoms with Gasteiger partial charge in [-0.25, -0.2) is 0 Å². The predicted octanol–water partition coefficient (Wildman–Crippen LogP) is 3.02. The molecule has 0 radical (unpaired) electrons. The molecular formula is C21H26N2O4. The number of rotatable bonds is 7. The van der Waals surface area contributed by atoms with Crippen LogP contribution in [0, 0.1) is 0 Å². The van der Waals surface area contributed by atoms with E-state index in [1.807, 2.05) is 49.4 Å². The van der Waals surface area contributed by atoms with Gasteiger partial charge in [-0.2, -0.15) is 0 Å². The Hall–Kier alpha value is -2.89. The second-order valence-corrected chi connectivity index (χ2v) is 6.47. The fraction of sp³-hybridized carbons (Fsp3) is 0.381. The van der Waals surface area contributed by atoms with Crippen molar-refractivity contribution in [3.63, 3.8) is 0 Å². The van der Waals surface area contributed by atoms with Gasteiger partial charge in [0, 0.05) is 24.7 Å². The van der Waals surface area contributed by atoms with Crippen LogP contribution >= 0.6 is 0 Å². The molecule has 2 aromatic rings. The van der Waals surface area contributed by atoms with Gasteiger partial charge in [-0.1, -0.05) is 12.1 Å². The molecule has 0 aromatic heterocycles. The highest BCUT2D eigenvalue weighted by Gasteiger charge is 2.15. The average Bonchev–Trinajstić information content (AvgIpc) is 2.93. The third kappa shape index (κ3) is 5.29. The molecule has 0 unspecified atom stereocenters. The van der Waals surface area contributed by atoms with E-state index in [0.29, 0.717) is 25.5 Å². The molecule has 144 valence electrons. The lowest BCUT2D eigenvalue weighted by atomic mass is 10.1. The molecule has 6 heteroatoms. The zero-order chi connectivity index (χ0) is 19.1. The second-order valence-electron chi connectivity index (χ2n) is 6.47. The van der Waals surface area contributed by atoms with Gasteiger partial charge >= 0.3 is 0 Å². The standard InChI is InChI=1S/C21H26N2O4/c1-15(21(24)22-11-10-16-4-7-18(25-2)8-5-16)23-17-6-9-19-20(14-17)27-13-3-12-26-19/h4-9,14-15,23H,3,10-13H2,1-2H3,(H,22,24)/t15-/m1/s1. The van der Waals surface area contributed by atoms with Crippen LogP contribution < -0.4 is 24.8 Å². The summed E-state index contributed by atoms with van der Waals surface area (Å²) in [5.74, 6) is 2.24. The Morgan fingerprint density at radius 2 is 1.85 bits per heavy atom. The second kappa shape index (κ2) is 9.16. The molecule has 0 spiro atoms. The largest absolute Gasteiger partial charge is 0.497 e. The Labute approximate surface area is 159 Å². The van der Waals surface area contributed by atoms with Crippen LogP contribution in [0.15, 0.2) is 42.5 Å². The molecule has 0 saturated heterocycles. The fourth-order valence-corrected chi connectivity index (χ4v) is 2.84. The van der Waals surface area contributed by atoms with Crippen molar-refractivity contribution in [1.82, 2.24) is 5.32 Å². The minimum Gasteiger partial charge on any atom is -0.497 e. The summed E-state index contributed by atoms with van der Waals surface area (Å²) in [6.07, 6.45) is 1.64. The van der Waals surface area contributed by atoms with Gasteiger partial charge < -0.3 is 24.8 Å². The number of fused-ring (bicyclic) bond motifs is 1. The van der Waals surface area contributed by atoms with Crippen molar-refractivity contribution in [3.05, 3.63) is 48.0 Å². The number of ether oxygens (including phenoxy) is 3. The fourth-order valence-electron chi connectivity index (χ4n) is 2.84. The Balaban J connectivity index is 1.48. The number of methoxy groups -OCH3 is 1. The molecule has 27 heavy (non-hydrogen) atoms. The van der Waals surface area contributed by atoms with Crippen molar-refractivity contribution in [1.29, 1.82) is 0 Å². The first-order chi connectivity index (χ1) is 13.2. The van der Waals surface area contributed by atoms with Crippen molar-refractivity contribution in [2.24, 2.45) is 0 Å². The number of amides is 1. The summed E-state index contributed by atoms with van der Waals surface area (Å²) in [7, 11) is 1.65. The number of carbonyl (C=O) groups excluding carboxylic acids is 1. The summed E-state index contributed by atoms with van der Waals surface area (Å²) in [6, 6.07) is 13.1. The van der Waals surface area contributed by atoms with E-state index in [4.69, 9.17) is 14.2 Å². The summed E-state index contributed by atoms with van der Waals surface area (Å²) in [4.78, 5) is 12.3. The van der Waals surface area contributed by atoms with Crippen LogP contribution in [0.4, 0.5) is 5.69 Å². The molecule has 1 atom stereocenters. The smallest absolute Gasteiger partial charge is 0.242 e. The van der Waals surface area contributed by atoms with Gasteiger partial charge in [-0.3, -0.25) is 4.79 Å². The summed E-state index contributed by atoms with van der Waals surface area (Å²) >= 11 is 0. The van der Waals surface area contributed by atoms with E-state index < -0.39 is 0 Å². The van der Waals surface area contributed by atoms with Crippen LogP contribution in [0.3, 0.4) is 0 Å². The number of nitrogens with one attached hydrogen (secondary N) is 2. The van der Waals surface area contributed by atoms with E-state index in [1.165, 1.54) is 0 Å². The molecule has 3 rings (SSSR count). The van der Waals surface area contributed by atoms with Gasteiger partial charge in [0.1, 0.15) is 11.8 Å². The third-order valence-electron chi connectivity index (χ3n) is 4.40. The van der Waals surface area contributed by atoms with Crippen molar-refractivity contribution >= 4 is 11.6 Å². The van der Waals surface area contributed by atoms with Gasteiger partial charge in [0.25, 0.3) is 0 Å². The molecule has 0 aliphatic carbocycles. The third-order valence-corrected chi connectivity index (χ3v) is 4.40. The van der Waals surface area contributed by atoms with Gasteiger partial charge in [-0.15, -0.1) is 0 Å². The highest BCUT2D eigenvalue weighted by atomic mass is 16.5. The lowest BCUT2D eigenvalue weighted by Gasteiger charge is -2.17. The van der Waals surface area contributed by atoms with E-state index in [1.54, 1.807) is 7.11 Å². The summed E-state index contributed by atoms with van der Waals surface area (Å²) in [5.41, 5.74) is 1.98. The molecule has 1 heterocycles. The first-order valence-electron chi connectivity index (χ1n) is 9.22. The van der Waals surface area contributed by atoms with Crippen LogP contribution in [0.25, 0.3) is 0 Å². The molecule has 1 aliphatic heterocycles. The molecular weight excluding hydrogens is 344 g/mol. The van der Waals surface area contributed by atoms with Gasteiger partial charge in [0.05, 0.1) is 20.3 Å². The highest BCUT2D eigenvalue weighted by molar-refractivity contribution is 5.84. The van der Waals surface area contributed by atoms with E-state index in [9.17, 15) is 4.79 Å². The first kappa shape index (κ1) is 18.9. The van der Waals surface area contributed by atoms with Crippen LogP contribution in [0.1, 0.15) is 18.9 Å². The molecule has 1 aliphatic rings. The Morgan fingerprint density at radius 3 is 2.59 bits per heavy atom. The Kier molecular flexibility index (Phi) is 6.41. The van der Waals surface area contributed by atoms with Crippen LogP contribution in [0.5, 0.6) is 17.2 Å². The summed E-state index contributed by atoms with van der Waals surface area (Å²) in [5, 5.41) is 6.18. The van der Waals surface area contributed by atoms with Crippen molar-refractivity contribution in [2.45, 2.75) is 25.8 Å². The number of hydrogen-bond acceptors (Lipinski definition) is 5. The SMILES string of the molecule is COc1ccc(CCNC(=O)[C@@H](C)Nc2ccc3c(c2)OCCCO3)cc1. The van der Waals surface area contributed by atoms with E-state index in [0.717, 1.165) is 35.6 Å². The topological polar surface area (TPSA) is 68.8 Å². The minimum atomic E-state index is -0.356. The number of benzene rings is 2. The van der Waals surface area contributed by atoms with E-state index >= 15 is 0 Å². The van der Waals surface area contributed by atoms with E-state index in [2.05, 4.69) is 10.6 Å². The maximum atomic E-state index is 12.3. The minimum absolute atomic E-state index is 0.0457. The number of hydrogen-bond donors (Lipinski definition) is 2. The van der Waals surface area contributed by atoms with Crippen molar-refractivity contribution < 1.29 is 19.0 Å². The first-order valence-corrected chi connectivity index (χ1v) is 9.22. The van der Waals surface area contributed by atoms with E-state index in [-0.39, 0.29) is 11.9 Å². The highest BCUT2D eigenvalue weighted by Crippen LogP contribution is 2.32. The van der Waals surface area contributed by atoms with Crippen LogP contribution in [-0.4, -0.2) is 38.8 Å². The maximum absolute atomic E-state index is 12.3.